The lowest BCUT2D eigenvalue weighted by molar-refractivity contribution is -0.116. The van der Waals surface area contributed by atoms with Crippen molar-refractivity contribution in [1.82, 2.24) is 0 Å². The maximum Gasteiger partial charge on any atom is 0.224 e. The lowest BCUT2D eigenvalue weighted by Crippen LogP contribution is -2.18. The summed E-state index contributed by atoms with van der Waals surface area (Å²) in [5.74, 6) is 0.182. The van der Waals surface area contributed by atoms with E-state index in [4.69, 9.17) is 18.0 Å². The molecule has 1 aromatic carbocycles. The van der Waals surface area contributed by atoms with Gasteiger partial charge in [0, 0.05) is 12.0 Å². The van der Waals surface area contributed by atoms with Crippen molar-refractivity contribution < 1.29 is 9.18 Å². The number of halogens is 1. The van der Waals surface area contributed by atoms with Crippen LogP contribution in [0.25, 0.3) is 0 Å². The Balaban J connectivity index is 1.94. The van der Waals surface area contributed by atoms with Crippen LogP contribution in [0.15, 0.2) is 18.2 Å². The predicted molar refractivity (Wildman–Crippen MR) is 82.1 cm³/mol. The van der Waals surface area contributed by atoms with E-state index in [-0.39, 0.29) is 10.9 Å². The van der Waals surface area contributed by atoms with Gasteiger partial charge in [-0.2, -0.15) is 0 Å². The van der Waals surface area contributed by atoms with Gasteiger partial charge in [0.2, 0.25) is 5.91 Å². The normalized spacial score (nSPS) is 15.2. The number of hydrogen-bond acceptors (Lipinski definition) is 2. The van der Waals surface area contributed by atoms with E-state index in [9.17, 15) is 9.18 Å². The summed E-state index contributed by atoms with van der Waals surface area (Å²) in [6.45, 7) is 0. The second-order valence-electron chi connectivity index (χ2n) is 5.29. The third kappa shape index (κ3) is 4.00. The molecule has 2 rings (SSSR count). The zero-order chi connectivity index (χ0) is 14.5. The van der Waals surface area contributed by atoms with E-state index >= 15 is 0 Å². The van der Waals surface area contributed by atoms with Crippen LogP contribution in [0.2, 0.25) is 0 Å². The topological polar surface area (TPSA) is 55.1 Å². The number of carbonyl (C=O) groups excluding carboxylic acids is 1. The van der Waals surface area contributed by atoms with Gasteiger partial charge in [-0.05, 0) is 30.5 Å². The van der Waals surface area contributed by atoms with E-state index in [2.05, 4.69) is 5.32 Å². The number of rotatable bonds is 5. The minimum atomic E-state index is -0.420. The molecule has 1 fully saturated rings. The fourth-order valence-electron chi connectivity index (χ4n) is 2.68. The number of thiocarbonyl (C=S) groups is 1. The molecule has 1 aromatic rings. The van der Waals surface area contributed by atoms with E-state index < -0.39 is 5.82 Å². The van der Waals surface area contributed by atoms with Crippen molar-refractivity contribution >= 4 is 28.8 Å². The van der Waals surface area contributed by atoms with Crippen LogP contribution in [0, 0.1) is 11.7 Å². The SMILES string of the molecule is NC(=S)c1cc(F)ccc1NC(=O)CCC1CCCC1. The molecule has 1 aliphatic carbocycles. The number of benzene rings is 1. The van der Waals surface area contributed by atoms with Crippen LogP contribution in [0.3, 0.4) is 0 Å². The van der Waals surface area contributed by atoms with Crippen LogP contribution in [-0.4, -0.2) is 10.9 Å². The molecule has 0 saturated heterocycles. The van der Waals surface area contributed by atoms with Crippen LogP contribution >= 0.6 is 12.2 Å². The molecular weight excluding hydrogens is 275 g/mol. The molecule has 3 nitrogen and oxygen atoms in total. The average Bonchev–Trinajstić information content (AvgIpc) is 2.91. The summed E-state index contributed by atoms with van der Waals surface area (Å²) in [5.41, 5.74) is 6.40. The summed E-state index contributed by atoms with van der Waals surface area (Å²) in [5, 5.41) is 2.77. The van der Waals surface area contributed by atoms with Crippen molar-refractivity contribution in [2.45, 2.75) is 38.5 Å². The second-order valence-corrected chi connectivity index (χ2v) is 5.73. The molecule has 0 radical (unpaired) electrons. The summed E-state index contributed by atoms with van der Waals surface area (Å²) in [7, 11) is 0. The van der Waals surface area contributed by atoms with Gasteiger partial charge in [0.15, 0.2) is 0 Å². The van der Waals surface area contributed by atoms with Gasteiger partial charge in [0.05, 0.1) is 5.69 Å². The molecule has 1 amide bonds. The van der Waals surface area contributed by atoms with Gasteiger partial charge in [0.1, 0.15) is 10.8 Å². The molecule has 20 heavy (non-hydrogen) atoms. The molecule has 0 spiro atoms. The highest BCUT2D eigenvalue weighted by atomic mass is 32.1. The Bertz CT molecular complexity index is 513. The van der Waals surface area contributed by atoms with Gasteiger partial charge in [-0.3, -0.25) is 4.79 Å². The minimum absolute atomic E-state index is 0.0685. The Kier molecular flexibility index (Phi) is 5.06. The molecular formula is C15H19FN2OS. The number of hydrogen-bond donors (Lipinski definition) is 2. The van der Waals surface area contributed by atoms with E-state index in [0.717, 1.165) is 6.42 Å². The molecule has 1 saturated carbocycles. The fourth-order valence-corrected chi connectivity index (χ4v) is 2.85. The van der Waals surface area contributed by atoms with Crippen molar-refractivity contribution in [3.63, 3.8) is 0 Å². The van der Waals surface area contributed by atoms with Gasteiger partial charge in [-0.15, -0.1) is 0 Å². The number of nitrogens with one attached hydrogen (secondary N) is 1. The first kappa shape index (κ1) is 14.9. The highest BCUT2D eigenvalue weighted by Crippen LogP contribution is 2.28. The number of amides is 1. The molecule has 108 valence electrons. The number of nitrogens with two attached hydrogens (primary N) is 1. The van der Waals surface area contributed by atoms with E-state index in [1.807, 2.05) is 0 Å². The molecule has 0 bridgehead atoms. The maximum atomic E-state index is 13.2. The molecule has 0 atom stereocenters. The molecule has 0 unspecified atom stereocenters. The summed E-state index contributed by atoms with van der Waals surface area (Å²) in [4.78, 5) is 12.0. The lowest BCUT2D eigenvalue weighted by atomic mass is 10.0. The first-order valence-electron chi connectivity index (χ1n) is 6.95. The highest BCUT2D eigenvalue weighted by Gasteiger charge is 2.17. The number of anilines is 1. The standard InChI is InChI=1S/C15H19FN2OS/c16-11-6-7-13(12(9-11)15(17)20)18-14(19)8-5-10-3-1-2-4-10/h6-7,9-10H,1-5,8H2,(H2,17,20)(H,18,19). The fraction of sp³-hybridized carbons (Fsp3) is 0.467. The first-order valence-corrected chi connectivity index (χ1v) is 7.36. The van der Waals surface area contributed by atoms with E-state index in [1.165, 1.54) is 43.9 Å². The highest BCUT2D eigenvalue weighted by molar-refractivity contribution is 7.80. The third-order valence-corrected chi connectivity index (χ3v) is 4.00. The van der Waals surface area contributed by atoms with E-state index in [1.54, 1.807) is 0 Å². The van der Waals surface area contributed by atoms with Crippen LogP contribution in [0.5, 0.6) is 0 Å². The van der Waals surface area contributed by atoms with Crippen LogP contribution in [0.1, 0.15) is 44.1 Å². The van der Waals surface area contributed by atoms with Crippen LogP contribution < -0.4 is 11.1 Å². The minimum Gasteiger partial charge on any atom is -0.389 e. The molecule has 0 aromatic heterocycles. The van der Waals surface area contributed by atoms with Crippen molar-refractivity contribution in [3.8, 4) is 0 Å². The zero-order valence-corrected chi connectivity index (χ0v) is 12.1. The first-order chi connectivity index (χ1) is 9.56. The summed E-state index contributed by atoms with van der Waals surface area (Å²) in [6, 6.07) is 4.03. The summed E-state index contributed by atoms with van der Waals surface area (Å²) in [6.07, 6.45) is 6.39. The van der Waals surface area contributed by atoms with Crippen LogP contribution in [0.4, 0.5) is 10.1 Å². The Morgan fingerprint density at radius 3 is 2.75 bits per heavy atom. The van der Waals surface area contributed by atoms with Crippen molar-refractivity contribution in [2.24, 2.45) is 11.7 Å². The van der Waals surface area contributed by atoms with Gasteiger partial charge >= 0.3 is 0 Å². The molecule has 0 heterocycles. The van der Waals surface area contributed by atoms with Crippen molar-refractivity contribution in [1.29, 1.82) is 0 Å². The molecule has 5 heteroatoms. The smallest absolute Gasteiger partial charge is 0.224 e. The third-order valence-electron chi connectivity index (χ3n) is 3.78. The molecule has 3 N–H and O–H groups in total. The van der Waals surface area contributed by atoms with Gasteiger partial charge in [0.25, 0.3) is 0 Å². The van der Waals surface area contributed by atoms with E-state index in [0.29, 0.717) is 23.6 Å². The predicted octanol–water partition coefficient (Wildman–Crippen LogP) is 3.37. The van der Waals surface area contributed by atoms with Gasteiger partial charge in [-0.25, -0.2) is 4.39 Å². The zero-order valence-electron chi connectivity index (χ0n) is 11.3. The maximum absolute atomic E-state index is 13.2. The van der Waals surface area contributed by atoms with Gasteiger partial charge < -0.3 is 11.1 Å². The Hall–Kier alpha value is -1.49. The lowest BCUT2D eigenvalue weighted by Gasteiger charge is -2.12. The summed E-state index contributed by atoms with van der Waals surface area (Å²) >= 11 is 4.87. The van der Waals surface area contributed by atoms with Gasteiger partial charge in [-0.1, -0.05) is 37.9 Å². The molecule has 0 aliphatic heterocycles. The van der Waals surface area contributed by atoms with Crippen LogP contribution in [-0.2, 0) is 4.79 Å². The Morgan fingerprint density at radius 1 is 1.40 bits per heavy atom. The summed E-state index contributed by atoms with van der Waals surface area (Å²) < 4.78 is 13.2. The number of carbonyl (C=O) groups is 1. The molecule has 1 aliphatic rings. The average molecular weight is 294 g/mol. The van der Waals surface area contributed by atoms with Crippen molar-refractivity contribution in [3.05, 3.63) is 29.6 Å². The quantitative estimate of drug-likeness (QED) is 0.819. The largest absolute Gasteiger partial charge is 0.389 e. The second kappa shape index (κ2) is 6.79. The monoisotopic (exact) mass is 294 g/mol. The van der Waals surface area contributed by atoms with Crippen molar-refractivity contribution in [2.75, 3.05) is 5.32 Å². The Labute approximate surface area is 123 Å². The Morgan fingerprint density at radius 2 is 2.10 bits per heavy atom.